The summed E-state index contributed by atoms with van der Waals surface area (Å²) in [6.07, 6.45) is -3.10. The summed E-state index contributed by atoms with van der Waals surface area (Å²) in [6.45, 7) is 2.04. The number of fused-ring (bicyclic) bond motifs is 5. The molecule has 1 atom stereocenters. The fourth-order valence-corrected chi connectivity index (χ4v) is 5.87. The zero-order valence-corrected chi connectivity index (χ0v) is 19.5. The Balaban J connectivity index is 1.77. The quantitative estimate of drug-likeness (QED) is 0.554. The second-order valence-electron chi connectivity index (χ2n) is 8.15. The number of halogens is 3. The monoisotopic (exact) mass is 509 g/mol. The molecule has 0 spiro atoms. The minimum Gasteiger partial charge on any atom is -0.490 e. The summed E-state index contributed by atoms with van der Waals surface area (Å²) in [7, 11) is -3.92. The number of hydrogen-bond donors (Lipinski definition) is 1. The number of para-hydroxylation sites is 1. The van der Waals surface area contributed by atoms with Gasteiger partial charge in [0, 0.05) is 12.1 Å². The summed E-state index contributed by atoms with van der Waals surface area (Å²) in [4.78, 5) is 12.3. The highest BCUT2D eigenvalue weighted by Gasteiger charge is 2.43. The average molecular weight is 510 g/mol. The number of anilines is 2. The van der Waals surface area contributed by atoms with Gasteiger partial charge in [0.25, 0.3) is 0 Å². The lowest BCUT2D eigenvalue weighted by Gasteiger charge is -2.24. The van der Waals surface area contributed by atoms with Crippen molar-refractivity contribution in [3.05, 3.63) is 41.6 Å². The molecular weight excluding hydrogens is 487 g/mol. The number of hydrogen-bond acceptors (Lipinski definition) is 8. The molecule has 1 fully saturated rings. The van der Waals surface area contributed by atoms with E-state index in [0.717, 1.165) is 16.1 Å². The van der Waals surface area contributed by atoms with Crippen LogP contribution in [0.25, 0.3) is 10.9 Å². The Morgan fingerprint density at radius 2 is 1.94 bits per heavy atom. The highest BCUT2D eigenvalue weighted by atomic mass is 32.2. The lowest BCUT2D eigenvalue weighted by molar-refractivity contribution is -0.135. The van der Waals surface area contributed by atoms with Crippen molar-refractivity contribution in [1.29, 1.82) is 0 Å². The van der Waals surface area contributed by atoms with E-state index in [2.05, 4.69) is 20.3 Å². The zero-order chi connectivity index (χ0) is 24.8. The summed E-state index contributed by atoms with van der Waals surface area (Å²) in [5.41, 5.74) is -0.576. The number of benzene rings is 1. The normalized spacial score (nSPS) is 19.8. The number of pyridine rings is 1. The molecule has 4 heterocycles. The van der Waals surface area contributed by atoms with E-state index in [0.29, 0.717) is 12.2 Å². The summed E-state index contributed by atoms with van der Waals surface area (Å²) < 4.78 is 80.7. The molecule has 2 aromatic heterocycles. The number of aromatic nitrogens is 3. The lowest BCUT2D eigenvalue weighted by atomic mass is 10.0. The van der Waals surface area contributed by atoms with E-state index in [1.54, 1.807) is 12.1 Å². The van der Waals surface area contributed by atoms with Crippen molar-refractivity contribution in [1.82, 2.24) is 15.0 Å². The van der Waals surface area contributed by atoms with Gasteiger partial charge in [-0.15, -0.1) is 0 Å². The molecule has 3 aromatic rings. The molecule has 0 amide bonds. The summed E-state index contributed by atoms with van der Waals surface area (Å²) in [5, 5.41) is 2.74. The molecule has 9 nitrogen and oxygen atoms in total. The van der Waals surface area contributed by atoms with Crippen LogP contribution in [0.5, 0.6) is 11.8 Å². The standard InChI is InChI=1S/C22H22F3N5O4S/c1-2-14-13-6-3-4-7-16(13)33-9-10-34-21-28-15-12-26-20(30-8-5-11-35(30,31)32)18(22(23,24)25)17(15)19(27-14)29-21/h3-4,6-7,12,14H,2,5,8-11H2,1H3,(H,27,28,29)/t14-/m1/s1. The minimum absolute atomic E-state index is 0.0692. The van der Waals surface area contributed by atoms with Crippen LogP contribution in [0.4, 0.5) is 24.8 Å². The van der Waals surface area contributed by atoms with Gasteiger partial charge in [-0.3, -0.25) is 4.31 Å². The van der Waals surface area contributed by atoms with Crippen LogP contribution in [-0.2, 0) is 16.2 Å². The van der Waals surface area contributed by atoms with Crippen LogP contribution in [0.3, 0.4) is 0 Å². The third-order valence-corrected chi connectivity index (χ3v) is 7.74. The number of ether oxygens (including phenoxy) is 2. The van der Waals surface area contributed by atoms with Crippen molar-refractivity contribution in [2.24, 2.45) is 0 Å². The van der Waals surface area contributed by atoms with Crippen molar-refractivity contribution in [2.45, 2.75) is 32.0 Å². The van der Waals surface area contributed by atoms with E-state index in [1.807, 2.05) is 19.1 Å². The molecule has 2 aliphatic rings. The first-order valence-electron chi connectivity index (χ1n) is 11.1. The van der Waals surface area contributed by atoms with Gasteiger partial charge in [-0.1, -0.05) is 25.1 Å². The van der Waals surface area contributed by atoms with E-state index in [4.69, 9.17) is 9.47 Å². The third-order valence-electron chi connectivity index (χ3n) is 5.90. The topological polar surface area (TPSA) is 107 Å². The molecule has 2 bridgehead atoms. The molecule has 2 aliphatic heterocycles. The molecule has 0 unspecified atom stereocenters. The third kappa shape index (κ3) is 4.28. The van der Waals surface area contributed by atoms with Crippen molar-refractivity contribution in [3.8, 4) is 11.8 Å². The largest absolute Gasteiger partial charge is 0.490 e. The van der Waals surface area contributed by atoms with Gasteiger partial charge in [0.2, 0.25) is 10.0 Å². The Morgan fingerprint density at radius 1 is 1.17 bits per heavy atom. The van der Waals surface area contributed by atoms with Gasteiger partial charge in [0.15, 0.2) is 5.82 Å². The van der Waals surface area contributed by atoms with Crippen LogP contribution in [0.1, 0.15) is 36.9 Å². The minimum atomic E-state index is -4.93. The van der Waals surface area contributed by atoms with Gasteiger partial charge in [0.1, 0.15) is 30.3 Å². The van der Waals surface area contributed by atoms with Gasteiger partial charge in [-0.05, 0) is 18.9 Å². The first kappa shape index (κ1) is 23.4. The molecule has 0 saturated carbocycles. The van der Waals surface area contributed by atoms with Crippen LogP contribution >= 0.6 is 0 Å². The molecule has 35 heavy (non-hydrogen) atoms. The van der Waals surface area contributed by atoms with E-state index < -0.39 is 33.6 Å². The van der Waals surface area contributed by atoms with Crippen molar-refractivity contribution in [2.75, 3.05) is 35.1 Å². The maximum absolute atomic E-state index is 14.5. The molecule has 13 heteroatoms. The number of alkyl halides is 3. The molecule has 1 saturated heterocycles. The second kappa shape index (κ2) is 8.70. The number of rotatable bonds is 2. The van der Waals surface area contributed by atoms with Crippen LogP contribution in [0.15, 0.2) is 30.5 Å². The lowest BCUT2D eigenvalue weighted by Crippen LogP contribution is -2.29. The second-order valence-corrected chi connectivity index (χ2v) is 10.2. The average Bonchev–Trinajstić information content (AvgIpc) is 3.16. The van der Waals surface area contributed by atoms with Gasteiger partial charge in [0.05, 0.1) is 28.9 Å². The molecule has 5 rings (SSSR count). The Hall–Kier alpha value is -3.35. The van der Waals surface area contributed by atoms with Crippen molar-refractivity contribution >= 4 is 32.6 Å². The SMILES string of the molecule is CC[C@H]1Nc2nc(nc3cnc(N4CCCS4(=O)=O)c(C(F)(F)F)c23)OCCOc2ccccc21. The smallest absolute Gasteiger partial charge is 0.420 e. The number of sulfonamides is 1. The molecule has 1 aromatic carbocycles. The molecular formula is C22H22F3N5O4S. The van der Waals surface area contributed by atoms with Crippen LogP contribution in [-0.4, -0.2) is 48.9 Å². The van der Waals surface area contributed by atoms with E-state index in [-0.39, 0.29) is 54.7 Å². The molecule has 0 aliphatic carbocycles. The molecule has 186 valence electrons. The van der Waals surface area contributed by atoms with Crippen LogP contribution < -0.4 is 19.1 Å². The Labute approximate surface area is 199 Å². The summed E-state index contributed by atoms with van der Waals surface area (Å²) in [6, 6.07) is 6.63. The van der Waals surface area contributed by atoms with E-state index in [1.165, 1.54) is 0 Å². The zero-order valence-electron chi connectivity index (χ0n) is 18.7. The maximum atomic E-state index is 14.5. The van der Waals surface area contributed by atoms with Gasteiger partial charge in [-0.2, -0.15) is 23.1 Å². The van der Waals surface area contributed by atoms with Crippen molar-refractivity contribution in [3.63, 3.8) is 0 Å². The van der Waals surface area contributed by atoms with Gasteiger partial charge >= 0.3 is 12.2 Å². The first-order valence-corrected chi connectivity index (χ1v) is 12.7. The Kier molecular flexibility index (Phi) is 5.82. The first-order chi connectivity index (χ1) is 16.7. The Bertz CT molecular complexity index is 1380. The van der Waals surface area contributed by atoms with E-state index >= 15 is 0 Å². The number of nitrogens with zero attached hydrogens (tertiary/aromatic N) is 4. The highest BCUT2D eigenvalue weighted by Crippen LogP contribution is 2.45. The van der Waals surface area contributed by atoms with Gasteiger partial charge < -0.3 is 14.8 Å². The predicted molar refractivity (Wildman–Crippen MR) is 122 cm³/mol. The van der Waals surface area contributed by atoms with E-state index in [9.17, 15) is 21.6 Å². The molecule has 1 N–H and O–H groups in total. The fraction of sp³-hybridized carbons (Fsp3) is 0.409. The van der Waals surface area contributed by atoms with Crippen LogP contribution in [0.2, 0.25) is 0 Å². The fourth-order valence-electron chi connectivity index (χ4n) is 4.35. The van der Waals surface area contributed by atoms with Crippen molar-refractivity contribution < 1.29 is 31.1 Å². The maximum Gasteiger partial charge on any atom is 0.420 e. The predicted octanol–water partition coefficient (Wildman–Crippen LogP) is 3.92. The summed E-state index contributed by atoms with van der Waals surface area (Å²) in [5.74, 6) is -0.470. The molecule has 0 radical (unpaired) electrons. The Morgan fingerprint density at radius 3 is 2.66 bits per heavy atom. The highest BCUT2D eigenvalue weighted by molar-refractivity contribution is 7.93. The van der Waals surface area contributed by atoms with Crippen LogP contribution in [0, 0.1) is 0 Å². The van der Waals surface area contributed by atoms with Gasteiger partial charge in [-0.25, -0.2) is 13.4 Å². The summed E-state index contributed by atoms with van der Waals surface area (Å²) >= 11 is 0. The number of nitrogens with one attached hydrogen (secondary N) is 1.